The minimum absolute atomic E-state index is 0.00747. The molecule has 2 aliphatic heterocycles. The Hall–Kier alpha value is -2.92. The molecule has 1 spiro atoms. The fourth-order valence-electron chi connectivity index (χ4n) is 4.41. The molecule has 2 aromatic carbocycles. The van der Waals surface area contributed by atoms with Gasteiger partial charge in [0.05, 0.1) is 24.1 Å². The molecule has 0 unspecified atom stereocenters. The van der Waals surface area contributed by atoms with Crippen LogP contribution in [0.15, 0.2) is 60.8 Å². The standard InChI is InChI=1S/C23H21ClN2O3/c1-28-19-6-3-2-5-17(19)22(27)25-13-10-23(11-14-25)21-7-4-12-26(21)18-9-8-16(24)15-20(18)29-23/h2-9,12,15H,10-11,13-14H2,1H3. The molecule has 3 heterocycles. The number of halogens is 1. The number of carbonyl (C=O) groups excluding carboxylic acids is 1. The van der Waals surface area contributed by atoms with Crippen LogP contribution in [0.3, 0.4) is 0 Å². The predicted octanol–water partition coefficient (Wildman–Crippen LogP) is 4.66. The van der Waals surface area contributed by atoms with Crippen LogP contribution in [0.4, 0.5) is 0 Å². The van der Waals surface area contributed by atoms with Gasteiger partial charge >= 0.3 is 0 Å². The molecule has 1 fully saturated rings. The predicted molar refractivity (Wildman–Crippen MR) is 111 cm³/mol. The second-order valence-electron chi connectivity index (χ2n) is 7.46. The number of rotatable bonds is 2. The Bertz CT molecular complexity index is 1080. The van der Waals surface area contributed by atoms with E-state index in [4.69, 9.17) is 21.1 Å². The van der Waals surface area contributed by atoms with Crippen molar-refractivity contribution in [3.05, 3.63) is 77.1 Å². The Balaban J connectivity index is 1.42. The van der Waals surface area contributed by atoms with E-state index in [1.807, 2.05) is 53.4 Å². The van der Waals surface area contributed by atoms with Gasteiger partial charge in [0.2, 0.25) is 0 Å². The number of hydrogen-bond acceptors (Lipinski definition) is 3. The maximum absolute atomic E-state index is 13.1. The monoisotopic (exact) mass is 408 g/mol. The lowest BCUT2D eigenvalue weighted by Crippen LogP contribution is -2.50. The Morgan fingerprint density at radius 2 is 1.90 bits per heavy atom. The van der Waals surface area contributed by atoms with Crippen molar-refractivity contribution < 1.29 is 14.3 Å². The summed E-state index contributed by atoms with van der Waals surface area (Å²) in [7, 11) is 1.59. The first-order chi connectivity index (χ1) is 14.1. The van der Waals surface area contributed by atoms with Crippen molar-refractivity contribution in [1.82, 2.24) is 9.47 Å². The highest BCUT2D eigenvalue weighted by molar-refractivity contribution is 6.30. The Labute approximate surface area is 174 Å². The fraction of sp³-hybridized carbons (Fsp3) is 0.261. The number of piperidine rings is 1. The lowest BCUT2D eigenvalue weighted by molar-refractivity contribution is -0.00936. The summed E-state index contributed by atoms with van der Waals surface area (Å²) in [5.41, 5.74) is 2.25. The van der Waals surface area contributed by atoms with Gasteiger partial charge in [0.25, 0.3) is 5.91 Å². The summed E-state index contributed by atoms with van der Waals surface area (Å²) in [5, 5.41) is 0.651. The van der Waals surface area contributed by atoms with Crippen molar-refractivity contribution in [1.29, 1.82) is 0 Å². The van der Waals surface area contributed by atoms with Crippen molar-refractivity contribution in [3.8, 4) is 17.2 Å². The van der Waals surface area contributed by atoms with Gasteiger partial charge in [-0.25, -0.2) is 0 Å². The molecule has 29 heavy (non-hydrogen) atoms. The first-order valence-corrected chi connectivity index (χ1v) is 10.1. The van der Waals surface area contributed by atoms with Crippen LogP contribution in [0, 0.1) is 0 Å². The summed E-state index contributed by atoms with van der Waals surface area (Å²) < 4.78 is 14.1. The molecule has 1 amide bonds. The van der Waals surface area contributed by atoms with E-state index in [-0.39, 0.29) is 5.91 Å². The Morgan fingerprint density at radius 1 is 1.10 bits per heavy atom. The molecule has 1 aromatic heterocycles. The minimum Gasteiger partial charge on any atom is -0.496 e. The van der Waals surface area contributed by atoms with Crippen molar-refractivity contribution in [2.24, 2.45) is 0 Å². The van der Waals surface area contributed by atoms with Crippen LogP contribution in [0.2, 0.25) is 5.02 Å². The van der Waals surface area contributed by atoms with Crippen LogP contribution in [0.1, 0.15) is 28.9 Å². The third-order valence-electron chi connectivity index (χ3n) is 5.90. The van der Waals surface area contributed by atoms with Crippen molar-refractivity contribution >= 4 is 17.5 Å². The third-order valence-corrected chi connectivity index (χ3v) is 6.13. The molecule has 5 rings (SSSR count). The summed E-state index contributed by atoms with van der Waals surface area (Å²) in [5.74, 6) is 1.38. The van der Waals surface area contributed by atoms with Crippen molar-refractivity contribution in [2.75, 3.05) is 20.2 Å². The van der Waals surface area contributed by atoms with Crippen LogP contribution in [0.5, 0.6) is 11.5 Å². The SMILES string of the molecule is COc1ccccc1C(=O)N1CCC2(CC1)Oc1cc(Cl)ccc1-n1cccc12. The van der Waals surface area contributed by atoms with Crippen molar-refractivity contribution in [2.45, 2.75) is 18.4 Å². The Morgan fingerprint density at radius 3 is 2.69 bits per heavy atom. The van der Waals surface area contributed by atoms with E-state index in [1.165, 1.54) is 0 Å². The topological polar surface area (TPSA) is 43.7 Å². The van der Waals surface area contributed by atoms with Crippen LogP contribution in [-0.4, -0.2) is 35.6 Å². The molecule has 5 nitrogen and oxygen atoms in total. The second kappa shape index (κ2) is 6.85. The molecule has 0 atom stereocenters. The van der Waals surface area contributed by atoms with Gasteiger partial charge in [0, 0.05) is 43.2 Å². The number of amides is 1. The van der Waals surface area contributed by atoms with Gasteiger partial charge < -0.3 is 18.9 Å². The van der Waals surface area contributed by atoms with Gasteiger partial charge in [0.1, 0.15) is 11.5 Å². The number of ether oxygens (including phenoxy) is 2. The second-order valence-corrected chi connectivity index (χ2v) is 7.90. The van der Waals surface area contributed by atoms with Gasteiger partial charge in [-0.2, -0.15) is 0 Å². The van der Waals surface area contributed by atoms with Gasteiger partial charge in [-0.05, 0) is 36.4 Å². The average molecular weight is 409 g/mol. The lowest BCUT2D eigenvalue weighted by atomic mass is 9.86. The maximum atomic E-state index is 13.1. The highest BCUT2D eigenvalue weighted by Gasteiger charge is 2.44. The zero-order chi connectivity index (χ0) is 20.0. The molecule has 0 aliphatic carbocycles. The number of fused-ring (bicyclic) bond motifs is 4. The number of nitrogens with zero attached hydrogens (tertiary/aromatic N) is 2. The maximum Gasteiger partial charge on any atom is 0.257 e. The number of aromatic nitrogens is 1. The van der Waals surface area contributed by atoms with E-state index >= 15 is 0 Å². The molecule has 0 saturated carbocycles. The summed E-state index contributed by atoms with van der Waals surface area (Å²) in [6.07, 6.45) is 3.48. The average Bonchev–Trinajstić information content (AvgIpc) is 3.25. The summed E-state index contributed by atoms with van der Waals surface area (Å²) >= 11 is 6.21. The molecular weight excluding hydrogens is 388 g/mol. The molecule has 0 bridgehead atoms. The zero-order valence-corrected chi connectivity index (χ0v) is 16.9. The molecule has 148 valence electrons. The van der Waals surface area contributed by atoms with Gasteiger partial charge in [-0.1, -0.05) is 23.7 Å². The highest BCUT2D eigenvalue weighted by atomic mass is 35.5. The number of para-hydroxylation sites is 1. The fourth-order valence-corrected chi connectivity index (χ4v) is 4.58. The number of methoxy groups -OCH3 is 1. The first kappa shape index (κ1) is 18.1. The minimum atomic E-state index is -0.460. The van der Waals surface area contributed by atoms with E-state index in [2.05, 4.69) is 16.8 Å². The summed E-state index contributed by atoms with van der Waals surface area (Å²) in [6, 6.07) is 17.2. The van der Waals surface area contributed by atoms with Gasteiger partial charge in [-0.3, -0.25) is 4.79 Å². The largest absolute Gasteiger partial charge is 0.496 e. The number of benzene rings is 2. The third kappa shape index (κ3) is 2.88. The van der Waals surface area contributed by atoms with Crippen LogP contribution >= 0.6 is 11.6 Å². The zero-order valence-electron chi connectivity index (χ0n) is 16.1. The molecule has 0 radical (unpaired) electrons. The molecule has 2 aliphatic rings. The lowest BCUT2D eigenvalue weighted by Gasteiger charge is -2.45. The number of carbonyl (C=O) groups is 1. The molecule has 6 heteroatoms. The highest BCUT2D eigenvalue weighted by Crippen LogP contribution is 2.45. The molecular formula is C23H21ClN2O3. The smallest absolute Gasteiger partial charge is 0.257 e. The quantitative estimate of drug-likeness (QED) is 0.619. The Kier molecular flexibility index (Phi) is 4.28. The normalized spacial score (nSPS) is 16.7. The van der Waals surface area contributed by atoms with Crippen molar-refractivity contribution in [3.63, 3.8) is 0 Å². The molecule has 3 aromatic rings. The number of hydrogen-bond donors (Lipinski definition) is 0. The van der Waals surface area contributed by atoms with Gasteiger partial charge in [-0.15, -0.1) is 0 Å². The van der Waals surface area contributed by atoms with E-state index in [0.717, 1.165) is 17.1 Å². The van der Waals surface area contributed by atoms with E-state index < -0.39 is 5.60 Å². The van der Waals surface area contributed by atoms with Crippen LogP contribution in [-0.2, 0) is 5.60 Å². The van der Waals surface area contributed by atoms with Gasteiger partial charge in [0.15, 0.2) is 5.60 Å². The van der Waals surface area contributed by atoms with Crippen LogP contribution < -0.4 is 9.47 Å². The van der Waals surface area contributed by atoms with E-state index in [0.29, 0.717) is 42.3 Å². The van der Waals surface area contributed by atoms with Crippen LogP contribution in [0.25, 0.3) is 5.69 Å². The summed E-state index contributed by atoms with van der Waals surface area (Å²) in [6.45, 7) is 1.22. The first-order valence-electron chi connectivity index (χ1n) is 9.70. The molecule has 1 saturated heterocycles. The molecule has 0 N–H and O–H groups in total. The van der Waals surface area contributed by atoms with E-state index in [1.54, 1.807) is 7.11 Å². The van der Waals surface area contributed by atoms with E-state index in [9.17, 15) is 4.79 Å². The number of likely N-dealkylation sites (tertiary alicyclic amines) is 1. The summed E-state index contributed by atoms with van der Waals surface area (Å²) in [4.78, 5) is 15.0.